The number of aryl methyl sites for hydroxylation is 2. The van der Waals surface area contributed by atoms with Crippen LogP contribution in [0.5, 0.6) is 0 Å². The molecule has 23 heavy (non-hydrogen) atoms. The van der Waals surface area contributed by atoms with E-state index < -0.39 is 5.60 Å². The molecule has 3 atom stereocenters. The SMILES string of the molecule is Cc1nn(C)c(C)c1CN1C2CCC1C(C(=O)OC(C)(C)C)C2. The van der Waals surface area contributed by atoms with E-state index in [9.17, 15) is 4.79 Å². The Bertz CT molecular complexity index is 615. The lowest BCUT2D eigenvalue weighted by molar-refractivity contribution is -0.161. The lowest BCUT2D eigenvalue weighted by Crippen LogP contribution is -2.36. The molecular weight excluding hydrogens is 290 g/mol. The molecule has 2 fully saturated rings. The van der Waals surface area contributed by atoms with Crippen molar-refractivity contribution in [2.75, 3.05) is 0 Å². The Morgan fingerprint density at radius 1 is 1.30 bits per heavy atom. The van der Waals surface area contributed by atoms with Gasteiger partial charge in [-0.1, -0.05) is 0 Å². The first-order chi connectivity index (χ1) is 10.7. The van der Waals surface area contributed by atoms with Crippen LogP contribution in [0.2, 0.25) is 0 Å². The molecular formula is C18H29N3O2. The van der Waals surface area contributed by atoms with Gasteiger partial charge in [-0.3, -0.25) is 14.4 Å². The first kappa shape index (κ1) is 16.5. The fraction of sp³-hybridized carbons (Fsp3) is 0.778. The molecule has 128 valence electrons. The number of aromatic nitrogens is 2. The van der Waals surface area contributed by atoms with Crippen molar-refractivity contribution in [1.29, 1.82) is 0 Å². The van der Waals surface area contributed by atoms with Gasteiger partial charge in [-0.15, -0.1) is 0 Å². The van der Waals surface area contributed by atoms with E-state index in [0.717, 1.165) is 25.1 Å². The number of esters is 1. The third-order valence-corrected chi connectivity index (χ3v) is 5.39. The molecule has 3 rings (SSSR count). The second-order valence-corrected chi connectivity index (χ2v) is 8.12. The van der Waals surface area contributed by atoms with Crippen molar-refractivity contribution in [3.8, 4) is 0 Å². The molecule has 1 aromatic heterocycles. The molecule has 3 unspecified atom stereocenters. The number of hydrogen-bond acceptors (Lipinski definition) is 4. The van der Waals surface area contributed by atoms with Crippen LogP contribution < -0.4 is 0 Å². The predicted molar refractivity (Wildman–Crippen MR) is 89.0 cm³/mol. The number of nitrogens with zero attached hydrogens (tertiary/aromatic N) is 3. The Morgan fingerprint density at radius 2 is 2.00 bits per heavy atom. The van der Waals surface area contributed by atoms with Crippen molar-refractivity contribution in [1.82, 2.24) is 14.7 Å². The molecule has 0 aromatic carbocycles. The first-order valence-electron chi connectivity index (χ1n) is 8.65. The molecule has 0 aliphatic carbocycles. The number of rotatable bonds is 3. The molecule has 2 aliphatic heterocycles. The van der Waals surface area contributed by atoms with Crippen molar-refractivity contribution in [2.45, 2.75) is 78.1 Å². The maximum atomic E-state index is 12.5. The van der Waals surface area contributed by atoms with Gasteiger partial charge in [0.05, 0.1) is 11.6 Å². The third-order valence-electron chi connectivity index (χ3n) is 5.39. The summed E-state index contributed by atoms with van der Waals surface area (Å²) in [6, 6.07) is 0.838. The molecule has 2 saturated heterocycles. The summed E-state index contributed by atoms with van der Waals surface area (Å²) in [5.41, 5.74) is 3.24. The van der Waals surface area contributed by atoms with E-state index in [1.54, 1.807) is 0 Å². The zero-order chi connectivity index (χ0) is 16.9. The van der Waals surface area contributed by atoms with Crippen molar-refractivity contribution >= 4 is 5.97 Å². The van der Waals surface area contributed by atoms with Gasteiger partial charge in [-0.2, -0.15) is 5.10 Å². The second-order valence-electron chi connectivity index (χ2n) is 8.12. The van der Waals surface area contributed by atoms with Gasteiger partial charge < -0.3 is 4.74 Å². The van der Waals surface area contributed by atoms with Crippen LogP contribution in [0.3, 0.4) is 0 Å². The van der Waals surface area contributed by atoms with Crippen LogP contribution in [-0.2, 0) is 23.1 Å². The summed E-state index contributed by atoms with van der Waals surface area (Å²) in [4.78, 5) is 15.0. The first-order valence-corrected chi connectivity index (χ1v) is 8.65. The summed E-state index contributed by atoms with van der Waals surface area (Å²) in [6.45, 7) is 10.9. The van der Waals surface area contributed by atoms with Gasteiger partial charge in [0.1, 0.15) is 5.60 Å². The second kappa shape index (κ2) is 5.62. The Labute approximate surface area is 139 Å². The Hall–Kier alpha value is -1.36. The standard InChI is InChI=1S/C18H29N3O2/c1-11-15(12(2)20(6)19-11)10-21-13-7-8-16(21)14(9-13)17(22)23-18(3,4)5/h13-14,16H,7-10H2,1-6H3. The highest BCUT2D eigenvalue weighted by Gasteiger charge is 2.50. The molecule has 0 radical (unpaired) electrons. The largest absolute Gasteiger partial charge is 0.460 e. The molecule has 1 aromatic rings. The molecule has 2 aliphatic rings. The van der Waals surface area contributed by atoms with Crippen molar-refractivity contribution in [3.05, 3.63) is 17.0 Å². The van der Waals surface area contributed by atoms with Gasteiger partial charge in [-0.25, -0.2) is 0 Å². The maximum Gasteiger partial charge on any atom is 0.311 e. The van der Waals surface area contributed by atoms with Crippen LogP contribution >= 0.6 is 0 Å². The van der Waals surface area contributed by atoms with E-state index in [0.29, 0.717) is 12.1 Å². The van der Waals surface area contributed by atoms with Crippen LogP contribution in [-0.4, -0.2) is 38.3 Å². The van der Waals surface area contributed by atoms with E-state index >= 15 is 0 Å². The van der Waals surface area contributed by atoms with E-state index in [1.807, 2.05) is 32.5 Å². The zero-order valence-corrected chi connectivity index (χ0v) is 15.2. The number of carbonyl (C=O) groups is 1. The summed E-state index contributed by atoms with van der Waals surface area (Å²) >= 11 is 0. The number of ether oxygens (including phenoxy) is 1. The highest BCUT2D eigenvalue weighted by Crippen LogP contribution is 2.43. The summed E-state index contributed by atoms with van der Waals surface area (Å²) in [5.74, 6) is 0.0135. The minimum absolute atomic E-state index is 0.0191. The molecule has 0 spiro atoms. The van der Waals surface area contributed by atoms with Crippen LogP contribution in [0, 0.1) is 19.8 Å². The minimum Gasteiger partial charge on any atom is -0.460 e. The third kappa shape index (κ3) is 3.03. The van der Waals surface area contributed by atoms with Gasteiger partial charge in [0.2, 0.25) is 0 Å². The summed E-state index contributed by atoms with van der Waals surface area (Å²) in [7, 11) is 1.99. The van der Waals surface area contributed by atoms with Crippen molar-refractivity contribution in [3.63, 3.8) is 0 Å². The lowest BCUT2D eigenvalue weighted by atomic mass is 9.89. The van der Waals surface area contributed by atoms with Crippen LogP contribution in [0.25, 0.3) is 0 Å². The summed E-state index contributed by atoms with van der Waals surface area (Å²) in [5, 5.41) is 4.52. The van der Waals surface area contributed by atoms with Gasteiger partial charge in [0.15, 0.2) is 0 Å². The van der Waals surface area contributed by atoms with Gasteiger partial charge >= 0.3 is 5.97 Å². The molecule has 5 heteroatoms. The average molecular weight is 319 g/mol. The molecule has 0 amide bonds. The Kier molecular flexibility index (Phi) is 4.03. The van der Waals surface area contributed by atoms with E-state index in [-0.39, 0.29) is 11.9 Å². The van der Waals surface area contributed by atoms with E-state index in [1.165, 1.54) is 17.7 Å². The topological polar surface area (TPSA) is 47.4 Å². The predicted octanol–water partition coefficient (Wildman–Crippen LogP) is 2.73. The number of hydrogen-bond donors (Lipinski definition) is 0. The number of fused-ring (bicyclic) bond motifs is 2. The quantitative estimate of drug-likeness (QED) is 0.804. The molecule has 0 saturated carbocycles. The smallest absolute Gasteiger partial charge is 0.311 e. The minimum atomic E-state index is -0.403. The van der Waals surface area contributed by atoms with Crippen molar-refractivity contribution in [2.24, 2.45) is 13.0 Å². The summed E-state index contributed by atoms with van der Waals surface area (Å²) in [6.07, 6.45) is 3.24. The van der Waals surface area contributed by atoms with Gasteiger partial charge in [-0.05, 0) is 53.9 Å². The van der Waals surface area contributed by atoms with Gasteiger partial charge in [0, 0.05) is 36.9 Å². The van der Waals surface area contributed by atoms with Crippen LogP contribution in [0.15, 0.2) is 0 Å². The number of carbonyl (C=O) groups excluding carboxylic acids is 1. The van der Waals surface area contributed by atoms with Crippen molar-refractivity contribution < 1.29 is 9.53 Å². The molecule has 2 bridgehead atoms. The fourth-order valence-corrected chi connectivity index (χ4v) is 4.21. The Morgan fingerprint density at radius 3 is 2.57 bits per heavy atom. The summed E-state index contributed by atoms with van der Waals surface area (Å²) < 4.78 is 7.59. The highest BCUT2D eigenvalue weighted by atomic mass is 16.6. The monoisotopic (exact) mass is 319 g/mol. The van der Waals surface area contributed by atoms with Crippen LogP contribution in [0.4, 0.5) is 0 Å². The molecule has 0 N–H and O–H groups in total. The molecule has 3 heterocycles. The maximum absolute atomic E-state index is 12.5. The van der Waals surface area contributed by atoms with Gasteiger partial charge in [0.25, 0.3) is 0 Å². The molecule has 5 nitrogen and oxygen atoms in total. The zero-order valence-electron chi connectivity index (χ0n) is 15.2. The van der Waals surface area contributed by atoms with Crippen LogP contribution in [0.1, 0.15) is 57.0 Å². The van der Waals surface area contributed by atoms with E-state index in [4.69, 9.17) is 4.74 Å². The van der Waals surface area contributed by atoms with E-state index in [2.05, 4.69) is 23.8 Å². The fourth-order valence-electron chi connectivity index (χ4n) is 4.21. The highest BCUT2D eigenvalue weighted by molar-refractivity contribution is 5.74. The normalized spacial score (nSPS) is 27.7. The lowest BCUT2D eigenvalue weighted by Gasteiger charge is -2.27. The average Bonchev–Trinajstić information content (AvgIpc) is 3.05. The Balaban J connectivity index is 1.74.